The van der Waals surface area contributed by atoms with Gasteiger partial charge in [0, 0.05) is 18.0 Å². The summed E-state index contributed by atoms with van der Waals surface area (Å²) in [7, 11) is 0. The predicted octanol–water partition coefficient (Wildman–Crippen LogP) is 3.30. The monoisotopic (exact) mass is 239 g/mol. The van der Waals surface area contributed by atoms with Gasteiger partial charge in [-0.25, -0.2) is 4.39 Å². The van der Waals surface area contributed by atoms with Crippen LogP contribution < -0.4 is 0 Å². The van der Waals surface area contributed by atoms with Gasteiger partial charge in [0.15, 0.2) is 0 Å². The second-order valence-corrected chi connectivity index (χ2v) is 5.02. The van der Waals surface area contributed by atoms with E-state index >= 15 is 0 Å². The molecule has 1 aromatic rings. The van der Waals surface area contributed by atoms with E-state index in [-0.39, 0.29) is 0 Å². The summed E-state index contributed by atoms with van der Waals surface area (Å²) in [6.45, 7) is 6.32. The lowest BCUT2D eigenvalue weighted by molar-refractivity contribution is 0.235. The van der Waals surface area contributed by atoms with Crippen LogP contribution in [0.1, 0.15) is 30.0 Å². The van der Waals surface area contributed by atoms with Crippen LogP contribution in [-0.2, 0) is 6.54 Å². The Bertz CT molecular complexity index is 351. The molecule has 1 rings (SSSR count). The zero-order valence-electron chi connectivity index (χ0n) is 9.87. The number of terminal acetylenes is 1. The lowest BCUT2D eigenvalue weighted by Crippen LogP contribution is -2.25. The van der Waals surface area contributed by atoms with Crippen molar-refractivity contribution >= 4 is 11.3 Å². The molecule has 0 radical (unpaired) electrons. The molecule has 0 bridgehead atoms. The molecule has 0 saturated heterocycles. The quantitative estimate of drug-likeness (QED) is 0.688. The standard InChI is InChI=1S/C13H18FNS/c1-4-12-6-7-13(16-12)10-15(5-2)9-8-11(3)14/h1,6-7,11H,5,8-10H2,2-3H3. The molecule has 16 heavy (non-hydrogen) atoms. The lowest BCUT2D eigenvalue weighted by atomic mass is 10.3. The Hall–Kier alpha value is -0.850. The van der Waals surface area contributed by atoms with E-state index in [1.165, 1.54) is 4.88 Å². The molecule has 1 heterocycles. The Morgan fingerprint density at radius 2 is 2.31 bits per heavy atom. The highest BCUT2D eigenvalue weighted by atomic mass is 32.1. The number of halogens is 1. The minimum Gasteiger partial charge on any atom is -0.298 e. The maximum Gasteiger partial charge on any atom is 0.0985 e. The number of nitrogens with zero attached hydrogens (tertiary/aromatic N) is 1. The molecular formula is C13H18FNS. The van der Waals surface area contributed by atoms with E-state index < -0.39 is 6.17 Å². The Morgan fingerprint density at radius 1 is 1.56 bits per heavy atom. The molecule has 0 amide bonds. The van der Waals surface area contributed by atoms with E-state index in [1.54, 1.807) is 18.3 Å². The average molecular weight is 239 g/mol. The van der Waals surface area contributed by atoms with Gasteiger partial charge in [0.2, 0.25) is 0 Å². The Balaban J connectivity index is 2.46. The zero-order valence-corrected chi connectivity index (χ0v) is 10.7. The number of alkyl halides is 1. The van der Waals surface area contributed by atoms with Crippen LogP contribution in [0, 0.1) is 12.3 Å². The van der Waals surface area contributed by atoms with E-state index in [2.05, 4.69) is 23.8 Å². The Kier molecular flexibility index (Phi) is 5.51. The number of hydrogen-bond acceptors (Lipinski definition) is 2. The third-order valence-corrected chi connectivity index (χ3v) is 3.47. The molecule has 0 aliphatic heterocycles. The minimum absolute atomic E-state index is 0.598. The molecule has 1 atom stereocenters. The van der Waals surface area contributed by atoms with E-state index in [0.717, 1.165) is 24.5 Å². The fourth-order valence-electron chi connectivity index (χ4n) is 1.47. The van der Waals surface area contributed by atoms with Crippen molar-refractivity contribution in [3.05, 3.63) is 21.9 Å². The largest absolute Gasteiger partial charge is 0.298 e. The highest BCUT2D eigenvalue weighted by molar-refractivity contribution is 7.12. The molecule has 0 spiro atoms. The molecule has 0 aliphatic carbocycles. The average Bonchev–Trinajstić information content (AvgIpc) is 2.71. The molecule has 3 heteroatoms. The maximum atomic E-state index is 12.7. The second-order valence-electron chi connectivity index (χ2n) is 3.85. The predicted molar refractivity (Wildman–Crippen MR) is 68.4 cm³/mol. The lowest BCUT2D eigenvalue weighted by Gasteiger charge is -2.19. The van der Waals surface area contributed by atoms with Crippen LogP contribution >= 0.6 is 11.3 Å². The molecule has 88 valence electrons. The molecule has 0 aromatic carbocycles. The first-order valence-corrected chi connectivity index (χ1v) is 6.39. The fourth-order valence-corrected chi connectivity index (χ4v) is 2.33. The van der Waals surface area contributed by atoms with E-state index in [0.29, 0.717) is 6.42 Å². The van der Waals surface area contributed by atoms with Crippen LogP contribution in [0.15, 0.2) is 12.1 Å². The van der Waals surface area contributed by atoms with Crippen molar-refractivity contribution in [2.24, 2.45) is 0 Å². The van der Waals surface area contributed by atoms with Gasteiger partial charge in [-0.05, 0) is 32.0 Å². The van der Waals surface area contributed by atoms with Crippen molar-refractivity contribution < 1.29 is 4.39 Å². The topological polar surface area (TPSA) is 3.24 Å². The molecule has 0 N–H and O–H groups in total. The van der Waals surface area contributed by atoms with Gasteiger partial charge in [0.25, 0.3) is 0 Å². The molecule has 1 nitrogen and oxygen atoms in total. The van der Waals surface area contributed by atoms with Gasteiger partial charge >= 0.3 is 0 Å². The smallest absolute Gasteiger partial charge is 0.0985 e. The minimum atomic E-state index is -0.723. The first-order chi connectivity index (χ1) is 7.65. The maximum absolute atomic E-state index is 12.7. The summed E-state index contributed by atoms with van der Waals surface area (Å²) in [5, 5.41) is 0. The van der Waals surface area contributed by atoms with Crippen molar-refractivity contribution in [3.63, 3.8) is 0 Å². The highest BCUT2D eigenvalue weighted by Crippen LogP contribution is 2.17. The van der Waals surface area contributed by atoms with Crippen LogP contribution in [-0.4, -0.2) is 24.2 Å². The summed E-state index contributed by atoms with van der Waals surface area (Å²) in [5.41, 5.74) is 0. The molecule has 0 saturated carbocycles. The molecule has 0 aliphatic rings. The summed E-state index contributed by atoms with van der Waals surface area (Å²) in [4.78, 5) is 4.45. The first kappa shape index (κ1) is 13.2. The molecular weight excluding hydrogens is 221 g/mol. The van der Waals surface area contributed by atoms with Gasteiger partial charge in [-0.15, -0.1) is 17.8 Å². The second kappa shape index (κ2) is 6.67. The van der Waals surface area contributed by atoms with Gasteiger partial charge in [-0.3, -0.25) is 4.90 Å². The molecule has 1 aromatic heterocycles. The van der Waals surface area contributed by atoms with Crippen molar-refractivity contribution in [1.82, 2.24) is 4.90 Å². The van der Waals surface area contributed by atoms with Gasteiger partial charge in [0.1, 0.15) is 0 Å². The van der Waals surface area contributed by atoms with Crippen molar-refractivity contribution in [2.75, 3.05) is 13.1 Å². The van der Waals surface area contributed by atoms with Crippen LogP contribution in [0.25, 0.3) is 0 Å². The number of thiophene rings is 1. The molecule has 1 unspecified atom stereocenters. The van der Waals surface area contributed by atoms with Crippen LogP contribution in [0.4, 0.5) is 4.39 Å². The van der Waals surface area contributed by atoms with Crippen LogP contribution in [0.5, 0.6) is 0 Å². The van der Waals surface area contributed by atoms with Gasteiger partial charge in [-0.1, -0.05) is 12.8 Å². The summed E-state index contributed by atoms with van der Waals surface area (Å²) < 4.78 is 12.7. The van der Waals surface area contributed by atoms with Crippen LogP contribution in [0.2, 0.25) is 0 Å². The highest BCUT2D eigenvalue weighted by Gasteiger charge is 2.07. The normalized spacial score (nSPS) is 12.7. The summed E-state index contributed by atoms with van der Waals surface area (Å²) in [6.07, 6.45) is 5.20. The van der Waals surface area contributed by atoms with Crippen molar-refractivity contribution in [2.45, 2.75) is 33.0 Å². The first-order valence-electron chi connectivity index (χ1n) is 5.57. The summed E-state index contributed by atoms with van der Waals surface area (Å²) in [6, 6.07) is 4.02. The van der Waals surface area contributed by atoms with Crippen molar-refractivity contribution in [3.8, 4) is 12.3 Å². The third kappa shape index (κ3) is 4.34. The number of hydrogen-bond donors (Lipinski definition) is 0. The zero-order chi connectivity index (χ0) is 12.0. The summed E-state index contributed by atoms with van der Waals surface area (Å²) in [5.74, 6) is 2.63. The Morgan fingerprint density at radius 3 is 2.81 bits per heavy atom. The van der Waals surface area contributed by atoms with Gasteiger partial charge < -0.3 is 0 Å². The van der Waals surface area contributed by atoms with Gasteiger partial charge in [0.05, 0.1) is 11.0 Å². The van der Waals surface area contributed by atoms with Crippen LogP contribution in [0.3, 0.4) is 0 Å². The molecule has 0 fully saturated rings. The van der Waals surface area contributed by atoms with E-state index in [1.807, 2.05) is 6.07 Å². The summed E-state index contributed by atoms with van der Waals surface area (Å²) >= 11 is 1.64. The van der Waals surface area contributed by atoms with E-state index in [4.69, 9.17) is 6.42 Å². The van der Waals surface area contributed by atoms with Crippen molar-refractivity contribution in [1.29, 1.82) is 0 Å². The fraction of sp³-hybridized carbons (Fsp3) is 0.538. The SMILES string of the molecule is C#Cc1ccc(CN(CC)CCC(C)F)s1. The Labute approximate surface area is 101 Å². The third-order valence-electron chi connectivity index (χ3n) is 2.47. The number of rotatable bonds is 6. The van der Waals surface area contributed by atoms with Gasteiger partial charge in [-0.2, -0.15) is 0 Å². The van der Waals surface area contributed by atoms with E-state index in [9.17, 15) is 4.39 Å².